The Balaban J connectivity index is 1.43. The summed E-state index contributed by atoms with van der Waals surface area (Å²) in [5.74, 6) is -0.539. The van der Waals surface area contributed by atoms with Crippen molar-refractivity contribution in [3.05, 3.63) is 107 Å². The van der Waals surface area contributed by atoms with E-state index in [1.807, 2.05) is 36.4 Å². The zero-order valence-corrected chi connectivity index (χ0v) is 18.2. The fourth-order valence-corrected chi connectivity index (χ4v) is 3.25. The zero-order valence-electron chi connectivity index (χ0n) is 17.5. The van der Waals surface area contributed by atoms with E-state index in [1.165, 1.54) is 0 Å². The predicted octanol–water partition coefficient (Wildman–Crippen LogP) is 4.47. The highest BCUT2D eigenvalue weighted by Gasteiger charge is 2.24. The van der Waals surface area contributed by atoms with Crippen LogP contribution in [0.1, 0.15) is 21.8 Å². The number of hydrogen-bond donors (Lipinski definition) is 1. The molecule has 7 nitrogen and oxygen atoms in total. The van der Waals surface area contributed by atoms with Gasteiger partial charge in [-0.25, -0.2) is 4.79 Å². The second kappa shape index (κ2) is 10.6. The molecule has 3 aromatic carbocycles. The van der Waals surface area contributed by atoms with Gasteiger partial charge in [0.25, 0.3) is 11.8 Å². The van der Waals surface area contributed by atoms with Gasteiger partial charge in [0.05, 0.1) is 0 Å². The Morgan fingerprint density at radius 1 is 0.909 bits per heavy atom. The van der Waals surface area contributed by atoms with E-state index in [-0.39, 0.29) is 30.7 Å². The van der Waals surface area contributed by atoms with Crippen molar-refractivity contribution in [2.45, 2.75) is 19.1 Å². The van der Waals surface area contributed by atoms with Gasteiger partial charge in [0.1, 0.15) is 6.04 Å². The summed E-state index contributed by atoms with van der Waals surface area (Å²) in [4.78, 5) is 25.5. The van der Waals surface area contributed by atoms with Gasteiger partial charge in [0.15, 0.2) is 6.61 Å². The van der Waals surface area contributed by atoms with Crippen LogP contribution in [0.3, 0.4) is 0 Å². The average molecular weight is 462 g/mol. The van der Waals surface area contributed by atoms with Crippen molar-refractivity contribution in [3.8, 4) is 11.5 Å². The third kappa shape index (κ3) is 6.05. The highest BCUT2D eigenvalue weighted by atomic mass is 35.5. The minimum atomic E-state index is -0.890. The standard InChI is InChI=1S/C25H20ClN3O4/c26-20-13-11-19(12-14-20)24-29-28-22(33-24)16-32-25(31)21(15-17-7-3-1-4-8-17)27-23(30)18-9-5-2-6-10-18/h1-14,21H,15-16H2,(H,27,30). The van der Waals surface area contributed by atoms with Crippen molar-refractivity contribution in [1.29, 1.82) is 0 Å². The predicted molar refractivity (Wildman–Crippen MR) is 122 cm³/mol. The SMILES string of the molecule is O=C(NC(Cc1ccccc1)C(=O)OCc1nnc(-c2ccc(Cl)cc2)o1)c1ccccc1. The maximum absolute atomic E-state index is 12.9. The fourth-order valence-electron chi connectivity index (χ4n) is 3.13. The van der Waals surface area contributed by atoms with Crippen molar-refractivity contribution in [3.63, 3.8) is 0 Å². The van der Waals surface area contributed by atoms with Crippen LogP contribution in [-0.2, 0) is 22.6 Å². The summed E-state index contributed by atoms with van der Waals surface area (Å²) in [5.41, 5.74) is 2.03. The summed E-state index contributed by atoms with van der Waals surface area (Å²) in [6.07, 6.45) is 0.276. The number of esters is 1. The Morgan fingerprint density at radius 3 is 2.27 bits per heavy atom. The van der Waals surface area contributed by atoms with Crippen molar-refractivity contribution in [2.75, 3.05) is 0 Å². The topological polar surface area (TPSA) is 94.3 Å². The minimum absolute atomic E-state index is 0.140. The summed E-state index contributed by atoms with van der Waals surface area (Å²) in [7, 11) is 0. The van der Waals surface area contributed by atoms with Gasteiger partial charge in [-0.1, -0.05) is 60.1 Å². The number of ether oxygens (including phenoxy) is 1. The molecule has 4 aromatic rings. The summed E-state index contributed by atoms with van der Waals surface area (Å²) < 4.78 is 11.0. The van der Waals surface area contributed by atoms with Crippen LogP contribution in [-0.4, -0.2) is 28.1 Å². The molecule has 1 atom stereocenters. The molecule has 1 unspecified atom stereocenters. The first-order chi connectivity index (χ1) is 16.1. The summed E-state index contributed by atoms with van der Waals surface area (Å²) in [5, 5.41) is 11.3. The van der Waals surface area contributed by atoms with Crippen molar-refractivity contribution < 1.29 is 18.7 Å². The molecule has 1 amide bonds. The van der Waals surface area contributed by atoms with Gasteiger partial charge >= 0.3 is 5.97 Å². The second-order valence-electron chi connectivity index (χ2n) is 7.20. The van der Waals surface area contributed by atoms with Crippen molar-refractivity contribution in [2.24, 2.45) is 0 Å². The number of rotatable bonds is 8. The first kappa shape index (κ1) is 22.2. The van der Waals surface area contributed by atoms with E-state index in [4.69, 9.17) is 20.8 Å². The van der Waals surface area contributed by atoms with E-state index in [2.05, 4.69) is 15.5 Å². The molecule has 33 heavy (non-hydrogen) atoms. The normalized spacial score (nSPS) is 11.5. The average Bonchev–Trinajstić information content (AvgIpc) is 3.33. The Kier molecular flexibility index (Phi) is 7.12. The molecule has 0 bridgehead atoms. The van der Waals surface area contributed by atoms with Crippen LogP contribution in [0, 0.1) is 0 Å². The summed E-state index contributed by atoms with van der Waals surface area (Å²) in [6, 6.07) is 24.1. The Bertz CT molecular complexity index is 1210. The molecule has 0 aliphatic heterocycles. The Morgan fingerprint density at radius 2 is 1.58 bits per heavy atom. The number of benzene rings is 3. The maximum Gasteiger partial charge on any atom is 0.329 e. The first-order valence-corrected chi connectivity index (χ1v) is 10.6. The van der Waals surface area contributed by atoms with Gasteiger partial charge in [-0.05, 0) is 42.0 Å². The van der Waals surface area contributed by atoms with Crippen molar-refractivity contribution >= 4 is 23.5 Å². The van der Waals surface area contributed by atoms with E-state index < -0.39 is 12.0 Å². The van der Waals surface area contributed by atoms with Gasteiger partial charge in [-0.3, -0.25) is 4.79 Å². The summed E-state index contributed by atoms with van der Waals surface area (Å²) >= 11 is 5.90. The van der Waals surface area contributed by atoms with Gasteiger partial charge < -0.3 is 14.5 Å². The third-order valence-corrected chi connectivity index (χ3v) is 5.06. The van der Waals surface area contributed by atoms with Crippen LogP contribution in [0.25, 0.3) is 11.5 Å². The minimum Gasteiger partial charge on any atom is -0.454 e. The van der Waals surface area contributed by atoms with Crippen LogP contribution in [0.4, 0.5) is 0 Å². The van der Waals surface area contributed by atoms with Crippen LogP contribution in [0.2, 0.25) is 5.02 Å². The smallest absolute Gasteiger partial charge is 0.329 e. The van der Waals surface area contributed by atoms with E-state index in [1.54, 1.807) is 48.5 Å². The quantitative estimate of drug-likeness (QED) is 0.389. The molecule has 166 valence electrons. The molecule has 0 saturated carbocycles. The zero-order chi connectivity index (χ0) is 23.0. The number of hydrogen-bond acceptors (Lipinski definition) is 6. The number of nitrogens with zero attached hydrogens (tertiary/aromatic N) is 2. The van der Waals surface area contributed by atoms with Crippen molar-refractivity contribution in [1.82, 2.24) is 15.5 Å². The van der Waals surface area contributed by atoms with Crippen LogP contribution in [0.5, 0.6) is 0 Å². The molecule has 1 aromatic heterocycles. The largest absolute Gasteiger partial charge is 0.454 e. The molecule has 1 heterocycles. The highest BCUT2D eigenvalue weighted by molar-refractivity contribution is 6.30. The van der Waals surface area contributed by atoms with E-state index in [0.717, 1.165) is 5.56 Å². The number of nitrogens with one attached hydrogen (secondary N) is 1. The second-order valence-corrected chi connectivity index (χ2v) is 7.63. The number of halogens is 1. The lowest BCUT2D eigenvalue weighted by Gasteiger charge is -2.17. The molecule has 0 saturated heterocycles. The van der Waals surface area contributed by atoms with Crippen LogP contribution < -0.4 is 5.32 Å². The number of carbonyl (C=O) groups is 2. The molecule has 1 N–H and O–H groups in total. The Hall–Kier alpha value is -3.97. The van der Waals surface area contributed by atoms with E-state index in [9.17, 15) is 9.59 Å². The molecule has 0 radical (unpaired) electrons. The third-order valence-electron chi connectivity index (χ3n) is 4.80. The van der Waals surface area contributed by atoms with Crippen LogP contribution in [0.15, 0.2) is 89.3 Å². The van der Waals surface area contributed by atoms with E-state index >= 15 is 0 Å². The number of amides is 1. The van der Waals surface area contributed by atoms with Crippen LogP contribution >= 0.6 is 11.6 Å². The van der Waals surface area contributed by atoms with E-state index in [0.29, 0.717) is 16.1 Å². The monoisotopic (exact) mass is 461 g/mol. The highest BCUT2D eigenvalue weighted by Crippen LogP contribution is 2.20. The molecule has 4 rings (SSSR count). The first-order valence-electron chi connectivity index (χ1n) is 10.2. The molecular weight excluding hydrogens is 442 g/mol. The molecular formula is C25H20ClN3O4. The lowest BCUT2D eigenvalue weighted by Crippen LogP contribution is -2.43. The Labute approximate surface area is 195 Å². The molecule has 0 spiro atoms. The van der Waals surface area contributed by atoms with Gasteiger partial charge in [-0.2, -0.15) is 0 Å². The van der Waals surface area contributed by atoms with Gasteiger partial charge in [0, 0.05) is 22.6 Å². The molecule has 8 heteroatoms. The molecule has 0 aliphatic rings. The molecule has 0 fully saturated rings. The number of carbonyl (C=O) groups excluding carboxylic acids is 2. The molecule has 0 aliphatic carbocycles. The maximum atomic E-state index is 12.9. The lowest BCUT2D eigenvalue weighted by atomic mass is 10.1. The number of aromatic nitrogens is 2. The fraction of sp³-hybridized carbons (Fsp3) is 0.120. The van der Waals surface area contributed by atoms with Gasteiger partial charge in [-0.15, -0.1) is 10.2 Å². The lowest BCUT2D eigenvalue weighted by molar-refractivity contribution is -0.148. The van der Waals surface area contributed by atoms with Gasteiger partial charge in [0.2, 0.25) is 5.89 Å². The summed E-state index contributed by atoms with van der Waals surface area (Å²) in [6.45, 7) is -0.216.